The van der Waals surface area contributed by atoms with E-state index in [0.717, 1.165) is 37.3 Å². The third-order valence-corrected chi connectivity index (χ3v) is 2.99. The molecule has 0 saturated carbocycles. The predicted molar refractivity (Wildman–Crippen MR) is 58.6 cm³/mol. The number of aryl methyl sites for hydroxylation is 2. The SMILES string of the molecule is c1cc(CCc2nc([C@H]3CCOC3)no2)co1. The van der Waals surface area contributed by atoms with E-state index < -0.39 is 0 Å². The molecule has 3 heterocycles. The van der Waals surface area contributed by atoms with Gasteiger partial charge in [0, 0.05) is 18.9 Å². The van der Waals surface area contributed by atoms with Crippen molar-refractivity contribution in [2.75, 3.05) is 13.2 Å². The van der Waals surface area contributed by atoms with E-state index in [1.807, 2.05) is 6.07 Å². The molecule has 1 saturated heterocycles. The van der Waals surface area contributed by atoms with Crippen LogP contribution in [0.2, 0.25) is 0 Å². The summed E-state index contributed by atoms with van der Waals surface area (Å²) >= 11 is 0. The van der Waals surface area contributed by atoms with Crippen molar-refractivity contribution in [1.29, 1.82) is 0 Å². The molecule has 1 fully saturated rings. The molecule has 17 heavy (non-hydrogen) atoms. The van der Waals surface area contributed by atoms with Gasteiger partial charge in [0.15, 0.2) is 5.82 Å². The normalized spacial score (nSPS) is 19.9. The second kappa shape index (κ2) is 4.71. The minimum Gasteiger partial charge on any atom is -0.472 e. The van der Waals surface area contributed by atoms with Crippen LogP contribution in [0.15, 0.2) is 27.5 Å². The molecule has 0 bridgehead atoms. The maximum absolute atomic E-state index is 5.31. The lowest BCUT2D eigenvalue weighted by Crippen LogP contribution is -2.00. The molecule has 0 aliphatic carbocycles. The van der Waals surface area contributed by atoms with Crippen LogP contribution >= 0.6 is 0 Å². The van der Waals surface area contributed by atoms with Crippen LogP contribution < -0.4 is 0 Å². The van der Waals surface area contributed by atoms with Crippen LogP contribution in [0.4, 0.5) is 0 Å². The Bertz CT molecular complexity index is 458. The molecular formula is C12H14N2O3. The lowest BCUT2D eigenvalue weighted by Gasteiger charge is -1.97. The minimum atomic E-state index is 0.307. The third-order valence-electron chi connectivity index (χ3n) is 2.99. The van der Waals surface area contributed by atoms with Gasteiger partial charge in [-0.15, -0.1) is 0 Å². The number of ether oxygens (including phenoxy) is 1. The molecule has 2 aromatic heterocycles. The first-order chi connectivity index (χ1) is 8.42. The van der Waals surface area contributed by atoms with Gasteiger partial charge in [0.25, 0.3) is 0 Å². The molecule has 0 unspecified atom stereocenters. The number of aromatic nitrogens is 2. The van der Waals surface area contributed by atoms with Crippen molar-refractivity contribution in [2.24, 2.45) is 0 Å². The molecule has 5 heteroatoms. The zero-order valence-electron chi connectivity index (χ0n) is 9.46. The largest absolute Gasteiger partial charge is 0.472 e. The summed E-state index contributed by atoms with van der Waals surface area (Å²) in [6.07, 6.45) is 6.01. The van der Waals surface area contributed by atoms with Gasteiger partial charge in [0.1, 0.15) is 0 Å². The molecule has 0 aromatic carbocycles. The van der Waals surface area contributed by atoms with E-state index in [2.05, 4.69) is 10.1 Å². The molecule has 0 N–H and O–H groups in total. The zero-order valence-corrected chi connectivity index (χ0v) is 9.46. The average molecular weight is 234 g/mol. The molecule has 0 amide bonds. The number of furan rings is 1. The summed E-state index contributed by atoms with van der Waals surface area (Å²) in [6, 6.07) is 1.95. The number of hydrogen-bond donors (Lipinski definition) is 0. The van der Waals surface area contributed by atoms with Gasteiger partial charge in [0.05, 0.1) is 19.1 Å². The summed E-state index contributed by atoms with van der Waals surface area (Å²) < 4.78 is 15.5. The highest BCUT2D eigenvalue weighted by molar-refractivity contribution is 5.07. The summed E-state index contributed by atoms with van der Waals surface area (Å²) in [4.78, 5) is 4.40. The van der Waals surface area contributed by atoms with Gasteiger partial charge in [-0.1, -0.05) is 5.16 Å². The molecule has 1 aliphatic rings. The van der Waals surface area contributed by atoms with Crippen molar-refractivity contribution < 1.29 is 13.7 Å². The maximum Gasteiger partial charge on any atom is 0.226 e. The molecule has 1 aliphatic heterocycles. The molecule has 90 valence electrons. The van der Waals surface area contributed by atoms with Gasteiger partial charge in [-0.2, -0.15) is 4.98 Å². The highest BCUT2D eigenvalue weighted by atomic mass is 16.5. The minimum absolute atomic E-state index is 0.307. The van der Waals surface area contributed by atoms with Crippen molar-refractivity contribution >= 4 is 0 Å². The first-order valence-electron chi connectivity index (χ1n) is 5.83. The summed E-state index contributed by atoms with van der Waals surface area (Å²) in [7, 11) is 0. The van der Waals surface area contributed by atoms with E-state index >= 15 is 0 Å². The Balaban J connectivity index is 1.60. The van der Waals surface area contributed by atoms with Crippen LogP contribution in [0.3, 0.4) is 0 Å². The van der Waals surface area contributed by atoms with Gasteiger partial charge in [-0.3, -0.25) is 0 Å². The van der Waals surface area contributed by atoms with Crippen molar-refractivity contribution in [2.45, 2.75) is 25.2 Å². The fourth-order valence-electron chi connectivity index (χ4n) is 1.96. The van der Waals surface area contributed by atoms with Crippen molar-refractivity contribution in [3.8, 4) is 0 Å². The Kier molecular flexibility index (Phi) is 2.92. The first-order valence-corrected chi connectivity index (χ1v) is 5.83. The van der Waals surface area contributed by atoms with Crippen molar-refractivity contribution in [1.82, 2.24) is 10.1 Å². The van der Waals surface area contributed by atoms with Crippen LogP contribution in [0.5, 0.6) is 0 Å². The fourth-order valence-corrected chi connectivity index (χ4v) is 1.96. The predicted octanol–water partition coefficient (Wildman–Crippen LogP) is 1.95. The van der Waals surface area contributed by atoms with E-state index in [1.54, 1.807) is 12.5 Å². The van der Waals surface area contributed by atoms with Crippen LogP contribution in [0.25, 0.3) is 0 Å². The lowest BCUT2D eigenvalue weighted by molar-refractivity contribution is 0.192. The third kappa shape index (κ3) is 2.39. The Morgan fingerprint density at radius 3 is 3.12 bits per heavy atom. The number of hydrogen-bond acceptors (Lipinski definition) is 5. The van der Waals surface area contributed by atoms with E-state index in [-0.39, 0.29) is 0 Å². The second-order valence-corrected chi connectivity index (χ2v) is 4.24. The molecule has 1 atom stereocenters. The molecule has 3 rings (SSSR count). The average Bonchev–Trinajstić information content (AvgIpc) is 3.09. The Morgan fingerprint density at radius 1 is 1.35 bits per heavy atom. The van der Waals surface area contributed by atoms with Crippen molar-refractivity contribution in [3.63, 3.8) is 0 Å². The molecule has 5 nitrogen and oxygen atoms in total. The monoisotopic (exact) mass is 234 g/mol. The smallest absolute Gasteiger partial charge is 0.226 e. The van der Waals surface area contributed by atoms with Crippen LogP contribution in [0.1, 0.15) is 29.6 Å². The van der Waals surface area contributed by atoms with Gasteiger partial charge < -0.3 is 13.7 Å². The standard InChI is InChI=1S/C12H14N2O3/c1(9-3-5-15-7-9)2-11-13-12(14-17-11)10-4-6-16-8-10/h3,5,7,10H,1-2,4,6,8H2/t10-/m0/s1. The first kappa shape index (κ1) is 10.5. The van der Waals surface area contributed by atoms with Gasteiger partial charge in [-0.25, -0.2) is 0 Å². The maximum atomic E-state index is 5.31. The fraction of sp³-hybridized carbons (Fsp3) is 0.500. The summed E-state index contributed by atoms with van der Waals surface area (Å²) in [5, 5.41) is 4.01. The van der Waals surface area contributed by atoms with E-state index in [1.165, 1.54) is 0 Å². The summed E-state index contributed by atoms with van der Waals surface area (Å²) in [5.41, 5.74) is 1.15. The second-order valence-electron chi connectivity index (χ2n) is 4.24. The molecule has 0 radical (unpaired) electrons. The molecule has 0 spiro atoms. The Labute approximate surface area is 98.8 Å². The number of nitrogens with zero attached hydrogens (tertiary/aromatic N) is 2. The lowest BCUT2D eigenvalue weighted by atomic mass is 10.1. The Morgan fingerprint density at radius 2 is 2.35 bits per heavy atom. The zero-order chi connectivity index (χ0) is 11.5. The van der Waals surface area contributed by atoms with Crippen LogP contribution in [-0.4, -0.2) is 23.4 Å². The van der Waals surface area contributed by atoms with Crippen molar-refractivity contribution in [3.05, 3.63) is 35.9 Å². The number of rotatable bonds is 4. The van der Waals surface area contributed by atoms with E-state index in [4.69, 9.17) is 13.7 Å². The van der Waals surface area contributed by atoms with Crippen LogP contribution in [0, 0.1) is 0 Å². The highest BCUT2D eigenvalue weighted by Gasteiger charge is 2.22. The summed E-state index contributed by atoms with van der Waals surface area (Å²) in [6.45, 7) is 1.50. The quantitative estimate of drug-likeness (QED) is 0.809. The summed E-state index contributed by atoms with van der Waals surface area (Å²) in [5.74, 6) is 1.78. The van der Waals surface area contributed by atoms with Gasteiger partial charge >= 0.3 is 0 Å². The van der Waals surface area contributed by atoms with E-state index in [9.17, 15) is 0 Å². The van der Waals surface area contributed by atoms with Gasteiger partial charge in [0.2, 0.25) is 5.89 Å². The van der Waals surface area contributed by atoms with E-state index in [0.29, 0.717) is 18.4 Å². The van der Waals surface area contributed by atoms with Gasteiger partial charge in [-0.05, 0) is 24.5 Å². The Hall–Kier alpha value is -1.62. The highest BCUT2D eigenvalue weighted by Crippen LogP contribution is 2.22. The van der Waals surface area contributed by atoms with Crippen LogP contribution in [-0.2, 0) is 17.6 Å². The molecular weight excluding hydrogens is 220 g/mol. The molecule has 2 aromatic rings. The topological polar surface area (TPSA) is 61.3 Å².